The monoisotopic (exact) mass is 134 g/mol. The molecule has 0 aromatic heterocycles. The van der Waals surface area contributed by atoms with E-state index in [9.17, 15) is 0 Å². The van der Waals surface area contributed by atoms with E-state index in [2.05, 4.69) is 0 Å². The van der Waals surface area contributed by atoms with Crippen molar-refractivity contribution in [2.75, 3.05) is 26.7 Å². The highest BCUT2D eigenvalue weighted by Gasteiger charge is 2.03. The second kappa shape index (κ2) is 4.73. The zero-order chi connectivity index (χ0) is 7.28. The van der Waals surface area contributed by atoms with Crippen molar-refractivity contribution in [2.45, 2.75) is 13.0 Å². The zero-order valence-electron chi connectivity index (χ0n) is 6.09. The molecule has 0 fully saturated rings. The van der Waals surface area contributed by atoms with Crippen LogP contribution in [0, 0.1) is 0 Å². The number of quaternary nitrogens is 1. The summed E-state index contributed by atoms with van der Waals surface area (Å²) in [6.45, 7) is 3.37. The number of nitrogens with one attached hydrogen (secondary N) is 1. The van der Waals surface area contributed by atoms with Crippen LogP contribution in [0.5, 0.6) is 0 Å². The Hall–Kier alpha value is -0.120. The molecule has 0 radical (unpaired) electrons. The SMILES string of the molecule is CC(O)C[NH+](C)CCO. The molecule has 0 aliphatic heterocycles. The number of hydrogen-bond donors (Lipinski definition) is 3. The standard InChI is InChI=1S/C6H15NO2/c1-6(9)5-7(2)3-4-8/h6,8-9H,3-5H2,1-2H3/p+1. The van der Waals surface area contributed by atoms with Gasteiger partial charge in [-0.3, -0.25) is 0 Å². The Bertz CT molecular complexity index is 66.1. The van der Waals surface area contributed by atoms with Gasteiger partial charge in [0.25, 0.3) is 0 Å². The van der Waals surface area contributed by atoms with Gasteiger partial charge >= 0.3 is 0 Å². The van der Waals surface area contributed by atoms with Crippen molar-refractivity contribution in [3.63, 3.8) is 0 Å². The van der Waals surface area contributed by atoms with Gasteiger partial charge in [0.2, 0.25) is 0 Å². The fourth-order valence-corrected chi connectivity index (χ4v) is 0.797. The van der Waals surface area contributed by atoms with Crippen LogP contribution in [0.25, 0.3) is 0 Å². The van der Waals surface area contributed by atoms with Crippen LogP contribution < -0.4 is 4.90 Å². The molecule has 9 heavy (non-hydrogen) atoms. The average molecular weight is 134 g/mol. The molecule has 0 bridgehead atoms. The number of hydrogen-bond acceptors (Lipinski definition) is 2. The summed E-state index contributed by atoms with van der Waals surface area (Å²) in [5.41, 5.74) is 0. The van der Waals surface area contributed by atoms with Crippen LogP contribution in [-0.4, -0.2) is 43.1 Å². The Morgan fingerprint density at radius 2 is 2.11 bits per heavy atom. The second-order valence-electron chi connectivity index (χ2n) is 2.48. The third-order valence-corrected chi connectivity index (χ3v) is 1.18. The third kappa shape index (κ3) is 5.76. The van der Waals surface area contributed by atoms with Crippen LogP contribution in [0.2, 0.25) is 0 Å². The molecule has 0 aromatic rings. The molecule has 3 nitrogen and oxygen atoms in total. The first kappa shape index (κ1) is 8.88. The highest BCUT2D eigenvalue weighted by Crippen LogP contribution is 1.67. The number of rotatable bonds is 4. The molecule has 2 atom stereocenters. The normalized spacial score (nSPS) is 17.3. The lowest BCUT2D eigenvalue weighted by Gasteiger charge is -2.13. The first-order valence-corrected chi connectivity index (χ1v) is 3.27. The fourth-order valence-electron chi connectivity index (χ4n) is 0.797. The minimum Gasteiger partial charge on any atom is -0.391 e. The molecule has 0 heterocycles. The average Bonchev–Trinajstić information content (AvgIpc) is 1.63. The Morgan fingerprint density at radius 1 is 1.56 bits per heavy atom. The van der Waals surface area contributed by atoms with Gasteiger partial charge in [0.1, 0.15) is 19.2 Å². The Morgan fingerprint density at radius 3 is 2.44 bits per heavy atom. The van der Waals surface area contributed by atoms with E-state index < -0.39 is 0 Å². The number of aliphatic hydroxyl groups is 2. The van der Waals surface area contributed by atoms with Gasteiger partial charge in [-0.15, -0.1) is 0 Å². The molecule has 0 aliphatic carbocycles. The molecular weight excluding hydrogens is 118 g/mol. The summed E-state index contributed by atoms with van der Waals surface area (Å²) in [4.78, 5) is 1.16. The van der Waals surface area contributed by atoms with Gasteiger partial charge in [0.05, 0.1) is 13.7 Å². The summed E-state index contributed by atoms with van der Waals surface area (Å²) in [6.07, 6.45) is -0.267. The van der Waals surface area contributed by atoms with E-state index in [1.165, 1.54) is 0 Å². The fraction of sp³-hybridized carbons (Fsp3) is 1.00. The van der Waals surface area contributed by atoms with E-state index >= 15 is 0 Å². The molecule has 0 saturated heterocycles. The Labute approximate surface area is 55.9 Å². The molecule has 56 valence electrons. The van der Waals surface area contributed by atoms with Crippen LogP contribution in [0.1, 0.15) is 6.92 Å². The van der Waals surface area contributed by atoms with Gasteiger partial charge in [-0.05, 0) is 6.92 Å². The van der Waals surface area contributed by atoms with Crippen molar-refractivity contribution >= 4 is 0 Å². The minimum absolute atomic E-state index is 0.193. The van der Waals surface area contributed by atoms with Crippen LogP contribution in [0.15, 0.2) is 0 Å². The van der Waals surface area contributed by atoms with Gasteiger partial charge in [0, 0.05) is 0 Å². The molecule has 0 rings (SSSR count). The maximum atomic E-state index is 8.85. The molecule has 0 amide bonds. The summed E-state index contributed by atoms with van der Waals surface area (Å²) < 4.78 is 0. The van der Waals surface area contributed by atoms with Crippen molar-refractivity contribution in [3.8, 4) is 0 Å². The van der Waals surface area contributed by atoms with Crippen molar-refractivity contribution < 1.29 is 15.1 Å². The molecule has 0 saturated carbocycles. The molecule has 0 aromatic carbocycles. The summed E-state index contributed by atoms with van der Waals surface area (Å²) in [7, 11) is 1.95. The molecule has 0 spiro atoms. The van der Waals surface area contributed by atoms with Crippen molar-refractivity contribution in [2.24, 2.45) is 0 Å². The predicted octanol–water partition coefficient (Wildman–Crippen LogP) is -2.13. The van der Waals surface area contributed by atoms with Gasteiger partial charge < -0.3 is 15.1 Å². The molecule has 0 aliphatic rings. The zero-order valence-corrected chi connectivity index (χ0v) is 6.09. The first-order valence-electron chi connectivity index (χ1n) is 3.27. The molecule has 3 heteroatoms. The lowest BCUT2D eigenvalue weighted by Crippen LogP contribution is -3.10. The van der Waals surface area contributed by atoms with E-state index in [1.807, 2.05) is 7.05 Å². The van der Waals surface area contributed by atoms with Gasteiger partial charge in [0.15, 0.2) is 0 Å². The highest BCUT2D eigenvalue weighted by atomic mass is 16.3. The summed E-state index contributed by atoms with van der Waals surface area (Å²) in [6, 6.07) is 0. The first-order chi connectivity index (χ1) is 4.16. The topological polar surface area (TPSA) is 44.9 Å². The maximum Gasteiger partial charge on any atom is 0.103 e. The summed E-state index contributed by atoms with van der Waals surface area (Å²) in [5.74, 6) is 0. The number of aliphatic hydroxyl groups excluding tert-OH is 2. The number of likely N-dealkylation sites (N-methyl/N-ethyl adjacent to an activating group) is 1. The molecule has 2 unspecified atom stereocenters. The van der Waals surface area contributed by atoms with Crippen LogP contribution in [0.4, 0.5) is 0 Å². The highest BCUT2D eigenvalue weighted by molar-refractivity contribution is 4.37. The smallest absolute Gasteiger partial charge is 0.103 e. The quantitative estimate of drug-likeness (QED) is 0.411. The second-order valence-corrected chi connectivity index (χ2v) is 2.48. The largest absolute Gasteiger partial charge is 0.391 e. The molecule has 3 N–H and O–H groups in total. The van der Waals surface area contributed by atoms with Crippen LogP contribution in [0.3, 0.4) is 0 Å². The van der Waals surface area contributed by atoms with Gasteiger partial charge in [-0.25, -0.2) is 0 Å². The lowest BCUT2D eigenvalue weighted by atomic mass is 10.4. The summed E-state index contributed by atoms with van der Waals surface area (Å²) in [5, 5.41) is 17.3. The van der Waals surface area contributed by atoms with Crippen molar-refractivity contribution in [1.29, 1.82) is 0 Å². The van der Waals surface area contributed by atoms with E-state index in [1.54, 1.807) is 6.92 Å². The lowest BCUT2D eigenvalue weighted by molar-refractivity contribution is -0.883. The van der Waals surface area contributed by atoms with Gasteiger partial charge in [-0.1, -0.05) is 0 Å². The minimum atomic E-state index is -0.267. The Kier molecular flexibility index (Phi) is 4.67. The van der Waals surface area contributed by atoms with Crippen molar-refractivity contribution in [3.05, 3.63) is 0 Å². The predicted molar refractivity (Wildman–Crippen MR) is 35.4 cm³/mol. The molecular formula is C6H16NO2+. The van der Waals surface area contributed by atoms with E-state index in [0.717, 1.165) is 4.90 Å². The van der Waals surface area contributed by atoms with Crippen LogP contribution in [-0.2, 0) is 0 Å². The Balaban J connectivity index is 3.15. The van der Waals surface area contributed by atoms with Crippen molar-refractivity contribution in [1.82, 2.24) is 0 Å². The van der Waals surface area contributed by atoms with E-state index in [-0.39, 0.29) is 12.7 Å². The van der Waals surface area contributed by atoms with Crippen LogP contribution >= 0.6 is 0 Å². The maximum absolute atomic E-state index is 8.85. The van der Waals surface area contributed by atoms with Gasteiger partial charge in [-0.2, -0.15) is 0 Å². The third-order valence-electron chi connectivity index (χ3n) is 1.18. The summed E-state index contributed by atoms with van der Waals surface area (Å²) >= 11 is 0. The van der Waals surface area contributed by atoms with E-state index in [0.29, 0.717) is 13.1 Å². The van der Waals surface area contributed by atoms with E-state index in [4.69, 9.17) is 10.2 Å².